The van der Waals surface area contributed by atoms with Crippen molar-refractivity contribution in [1.82, 2.24) is 0 Å². The van der Waals surface area contributed by atoms with Crippen LogP contribution in [0.1, 0.15) is 48.5 Å². The van der Waals surface area contributed by atoms with Crippen molar-refractivity contribution in [2.45, 2.75) is 48.5 Å². The van der Waals surface area contributed by atoms with Crippen LogP contribution < -0.4 is 0 Å². The first-order chi connectivity index (χ1) is 5.75. The Bertz CT molecular complexity index is 157. The van der Waals surface area contributed by atoms with Gasteiger partial charge < -0.3 is 0 Å². The molecule has 0 amide bonds. The highest BCUT2D eigenvalue weighted by Gasteiger charge is 2.17. The van der Waals surface area contributed by atoms with Crippen LogP contribution in [0.3, 0.4) is 0 Å². The van der Waals surface area contributed by atoms with E-state index in [9.17, 15) is 0 Å². The Morgan fingerprint density at radius 1 is 0.846 bits per heavy atom. The molecule has 0 bridgehead atoms. The van der Waals surface area contributed by atoms with Gasteiger partial charge in [0.05, 0.1) is 0 Å². The molecule has 78 valence electrons. The molecular formula is C13H26. The highest BCUT2D eigenvalue weighted by molar-refractivity contribution is 4.94. The summed E-state index contributed by atoms with van der Waals surface area (Å²) in [4.78, 5) is 0. The minimum atomic E-state index is 0.396. The molecule has 0 N–H and O–H groups in total. The summed E-state index contributed by atoms with van der Waals surface area (Å²) in [6.45, 7) is 16.0. The van der Waals surface area contributed by atoms with E-state index >= 15 is 0 Å². The third-order valence-corrected chi connectivity index (χ3v) is 3.12. The van der Waals surface area contributed by atoms with Crippen molar-refractivity contribution in [1.29, 1.82) is 0 Å². The van der Waals surface area contributed by atoms with Gasteiger partial charge in [-0.25, -0.2) is 0 Å². The molecule has 0 aromatic carbocycles. The molecule has 0 fully saturated rings. The van der Waals surface area contributed by atoms with Gasteiger partial charge in [0.2, 0.25) is 0 Å². The van der Waals surface area contributed by atoms with Gasteiger partial charge in [0.25, 0.3) is 0 Å². The molecule has 0 heterocycles. The third kappa shape index (κ3) is 5.13. The summed E-state index contributed by atoms with van der Waals surface area (Å²) in [6, 6.07) is 0. The summed E-state index contributed by atoms with van der Waals surface area (Å²) < 4.78 is 0. The van der Waals surface area contributed by atoms with Gasteiger partial charge >= 0.3 is 0 Å². The second-order valence-electron chi connectivity index (χ2n) is 5.64. The Balaban J connectivity index is 4.12. The summed E-state index contributed by atoms with van der Waals surface area (Å²) in [5.41, 5.74) is 0.396. The van der Waals surface area contributed by atoms with Gasteiger partial charge in [0, 0.05) is 0 Å². The van der Waals surface area contributed by atoms with Crippen molar-refractivity contribution in [2.24, 2.45) is 23.2 Å². The summed E-state index contributed by atoms with van der Waals surface area (Å²) in [5, 5.41) is 0. The van der Waals surface area contributed by atoms with Crippen LogP contribution in [0.25, 0.3) is 0 Å². The van der Waals surface area contributed by atoms with Crippen LogP contribution in [0.4, 0.5) is 0 Å². The van der Waals surface area contributed by atoms with Crippen molar-refractivity contribution in [3.63, 3.8) is 0 Å². The Labute approximate surface area is 84.4 Å². The van der Waals surface area contributed by atoms with Crippen LogP contribution in [0.15, 0.2) is 12.2 Å². The van der Waals surface area contributed by atoms with Crippen molar-refractivity contribution >= 4 is 0 Å². The zero-order valence-electron chi connectivity index (χ0n) is 10.4. The summed E-state index contributed by atoms with van der Waals surface area (Å²) in [7, 11) is 0. The molecule has 0 unspecified atom stereocenters. The van der Waals surface area contributed by atoms with Gasteiger partial charge in [-0.15, -0.1) is 0 Å². The van der Waals surface area contributed by atoms with Crippen LogP contribution in [-0.2, 0) is 0 Å². The van der Waals surface area contributed by atoms with E-state index in [-0.39, 0.29) is 0 Å². The fourth-order valence-electron chi connectivity index (χ4n) is 0.853. The molecule has 0 aliphatic carbocycles. The molecule has 0 aliphatic rings. The largest absolute Gasteiger partial charge is 0.0852 e. The molecule has 0 spiro atoms. The Hall–Kier alpha value is -0.260. The zero-order chi connectivity index (χ0) is 10.6. The maximum Gasteiger partial charge on any atom is -0.0213 e. The molecular weight excluding hydrogens is 156 g/mol. The summed E-state index contributed by atoms with van der Waals surface area (Å²) in [6.07, 6.45) is 4.73. The van der Waals surface area contributed by atoms with Gasteiger partial charge in [0.1, 0.15) is 0 Å². The second-order valence-corrected chi connectivity index (χ2v) is 5.64. The zero-order valence-corrected chi connectivity index (χ0v) is 10.4. The average Bonchev–Trinajstić information content (AvgIpc) is 1.97. The van der Waals surface area contributed by atoms with Crippen molar-refractivity contribution in [3.05, 3.63) is 12.2 Å². The van der Waals surface area contributed by atoms with Gasteiger partial charge in [-0.05, 0) is 23.2 Å². The highest BCUT2D eigenvalue weighted by Crippen LogP contribution is 2.27. The van der Waals surface area contributed by atoms with Gasteiger partial charge in [-0.3, -0.25) is 0 Å². The van der Waals surface area contributed by atoms with Crippen molar-refractivity contribution < 1.29 is 0 Å². The average molecular weight is 182 g/mol. The SMILES string of the molecule is CC(C)[C@@H](C)/C=C/[C@@H](C)C(C)(C)C. The summed E-state index contributed by atoms with van der Waals surface area (Å²) in [5.74, 6) is 2.11. The molecule has 2 atom stereocenters. The minimum absolute atomic E-state index is 0.396. The van der Waals surface area contributed by atoms with E-state index in [0.29, 0.717) is 17.3 Å². The topological polar surface area (TPSA) is 0 Å². The molecule has 0 heteroatoms. The smallest absolute Gasteiger partial charge is 0.0213 e. The van der Waals surface area contributed by atoms with Crippen LogP contribution in [0.2, 0.25) is 0 Å². The number of rotatable bonds is 3. The lowest BCUT2D eigenvalue weighted by Gasteiger charge is -2.24. The maximum atomic E-state index is 2.37. The second kappa shape index (κ2) is 4.83. The predicted molar refractivity (Wildman–Crippen MR) is 61.8 cm³/mol. The normalized spacial score (nSPS) is 18.2. The maximum absolute atomic E-state index is 2.37. The quantitative estimate of drug-likeness (QED) is 0.563. The predicted octanol–water partition coefficient (Wildman–Crippen LogP) is 4.52. The molecule has 13 heavy (non-hydrogen) atoms. The molecule has 0 aromatic rings. The fraction of sp³-hybridized carbons (Fsp3) is 0.846. The monoisotopic (exact) mass is 182 g/mol. The van der Waals surface area contributed by atoms with Crippen molar-refractivity contribution in [3.8, 4) is 0 Å². The van der Waals surface area contributed by atoms with Crippen LogP contribution in [-0.4, -0.2) is 0 Å². The van der Waals surface area contributed by atoms with E-state index in [1.165, 1.54) is 0 Å². The number of hydrogen-bond acceptors (Lipinski definition) is 0. The van der Waals surface area contributed by atoms with E-state index < -0.39 is 0 Å². The first-order valence-electron chi connectivity index (χ1n) is 5.43. The Morgan fingerprint density at radius 2 is 1.31 bits per heavy atom. The lowest BCUT2D eigenvalue weighted by Crippen LogP contribution is -2.15. The molecule has 0 aromatic heterocycles. The van der Waals surface area contributed by atoms with E-state index in [2.05, 4.69) is 60.6 Å². The van der Waals surface area contributed by atoms with E-state index in [0.717, 1.165) is 5.92 Å². The molecule has 0 radical (unpaired) electrons. The highest BCUT2D eigenvalue weighted by atomic mass is 14.2. The first-order valence-corrected chi connectivity index (χ1v) is 5.43. The molecule has 0 rings (SSSR count). The minimum Gasteiger partial charge on any atom is -0.0852 e. The summed E-state index contributed by atoms with van der Waals surface area (Å²) >= 11 is 0. The van der Waals surface area contributed by atoms with Gasteiger partial charge in [0.15, 0.2) is 0 Å². The first kappa shape index (κ1) is 12.7. The van der Waals surface area contributed by atoms with Crippen LogP contribution >= 0.6 is 0 Å². The van der Waals surface area contributed by atoms with Gasteiger partial charge in [-0.2, -0.15) is 0 Å². The van der Waals surface area contributed by atoms with Crippen molar-refractivity contribution in [2.75, 3.05) is 0 Å². The number of allylic oxidation sites excluding steroid dienone is 2. The van der Waals surface area contributed by atoms with E-state index in [1.807, 2.05) is 0 Å². The number of hydrogen-bond donors (Lipinski definition) is 0. The molecule has 0 saturated carbocycles. The standard InChI is InChI=1S/C13H26/c1-10(2)11(3)8-9-12(4)13(5,6)7/h8-12H,1-7H3/b9-8+/t11-,12+/m0/s1. The molecule has 0 nitrogen and oxygen atoms in total. The third-order valence-electron chi connectivity index (χ3n) is 3.12. The van der Waals surface area contributed by atoms with Gasteiger partial charge in [-0.1, -0.05) is 60.6 Å². The van der Waals surface area contributed by atoms with E-state index in [4.69, 9.17) is 0 Å². The van der Waals surface area contributed by atoms with Crippen LogP contribution in [0, 0.1) is 23.2 Å². The van der Waals surface area contributed by atoms with Crippen LogP contribution in [0.5, 0.6) is 0 Å². The lowest BCUT2D eigenvalue weighted by molar-refractivity contribution is 0.312. The van der Waals surface area contributed by atoms with E-state index in [1.54, 1.807) is 0 Å². The Morgan fingerprint density at radius 3 is 1.62 bits per heavy atom. The fourth-order valence-corrected chi connectivity index (χ4v) is 0.853. The lowest BCUT2D eigenvalue weighted by atomic mass is 9.81. The molecule has 0 aliphatic heterocycles. The Kier molecular flexibility index (Phi) is 4.74. The molecule has 0 saturated heterocycles.